The zero-order chi connectivity index (χ0) is 14.8. The fourth-order valence-electron chi connectivity index (χ4n) is 1.66. The first-order valence-electron chi connectivity index (χ1n) is 6.45. The van der Waals surface area contributed by atoms with E-state index in [0.29, 0.717) is 22.7 Å². The summed E-state index contributed by atoms with van der Waals surface area (Å²) in [4.78, 5) is 20.3. The van der Waals surface area contributed by atoms with E-state index in [1.165, 1.54) is 17.1 Å². The zero-order valence-corrected chi connectivity index (χ0v) is 13.6. The van der Waals surface area contributed by atoms with E-state index in [-0.39, 0.29) is 12.3 Å². The van der Waals surface area contributed by atoms with Crippen molar-refractivity contribution < 1.29 is 4.74 Å². The van der Waals surface area contributed by atoms with Gasteiger partial charge in [-0.3, -0.25) is 9.36 Å². The minimum Gasteiger partial charge on any atom is -0.361 e. The van der Waals surface area contributed by atoms with Crippen LogP contribution in [-0.2, 0) is 11.5 Å². The molecule has 0 aliphatic heterocycles. The van der Waals surface area contributed by atoms with Crippen LogP contribution in [0.15, 0.2) is 23.4 Å². The van der Waals surface area contributed by atoms with Crippen LogP contribution < -0.4 is 5.56 Å². The predicted molar refractivity (Wildman–Crippen MR) is 82.9 cm³/mol. The molecule has 0 atom stereocenters. The monoisotopic (exact) mass is 311 g/mol. The van der Waals surface area contributed by atoms with Crippen LogP contribution in [0.5, 0.6) is 0 Å². The molecule has 2 aromatic heterocycles. The van der Waals surface area contributed by atoms with Crippen LogP contribution in [-0.4, -0.2) is 29.2 Å². The molecule has 5 nitrogen and oxygen atoms in total. The second-order valence-corrected chi connectivity index (χ2v) is 11.9. The predicted octanol–water partition coefficient (Wildman–Crippen LogP) is 2.76. The average Bonchev–Trinajstić information content (AvgIpc) is 2.35. The summed E-state index contributed by atoms with van der Waals surface area (Å²) >= 11 is 5.78. The Morgan fingerprint density at radius 1 is 1.35 bits per heavy atom. The highest BCUT2D eigenvalue weighted by molar-refractivity contribution is 6.76. The third-order valence-electron chi connectivity index (χ3n) is 2.90. The molecular formula is C13H18ClN3O2Si. The number of rotatable bonds is 5. The van der Waals surface area contributed by atoms with Crippen LogP contribution in [0, 0.1) is 0 Å². The molecule has 0 N–H and O–H groups in total. The SMILES string of the molecule is C[Si](C)(C)CCOCn1cnc2cc(Cl)ncc2c1=O. The number of hydrogen-bond acceptors (Lipinski definition) is 4. The van der Waals surface area contributed by atoms with Crippen molar-refractivity contribution in [1.82, 2.24) is 14.5 Å². The van der Waals surface area contributed by atoms with Gasteiger partial charge in [-0.1, -0.05) is 31.2 Å². The third kappa shape index (κ3) is 3.88. The van der Waals surface area contributed by atoms with E-state index in [1.807, 2.05) is 0 Å². The van der Waals surface area contributed by atoms with Crippen molar-refractivity contribution in [3.05, 3.63) is 34.1 Å². The van der Waals surface area contributed by atoms with Gasteiger partial charge in [-0.15, -0.1) is 0 Å². The van der Waals surface area contributed by atoms with E-state index in [2.05, 4.69) is 29.6 Å². The van der Waals surface area contributed by atoms with Crippen LogP contribution in [0.1, 0.15) is 0 Å². The molecule has 0 unspecified atom stereocenters. The molecule has 0 spiro atoms. The highest BCUT2D eigenvalue weighted by Crippen LogP contribution is 2.11. The Morgan fingerprint density at radius 3 is 2.80 bits per heavy atom. The Labute approximate surface area is 123 Å². The normalized spacial score (nSPS) is 12.0. The van der Waals surface area contributed by atoms with Crippen molar-refractivity contribution in [2.75, 3.05) is 6.61 Å². The summed E-state index contributed by atoms with van der Waals surface area (Å²) in [5.41, 5.74) is 0.389. The van der Waals surface area contributed by atoms with E-state index < -0.39 is 8.07 Å². The molecule has 20 heavy (non-hydrogen) atoms. The van der Waals surface area contributed by atoms with Crippen LogP contribution in [0.4, 0.5) is 0 Å². The molecule has 0 saturated heterocycles. The topological polar surface area (TPSA) is 57.0 Å². The minimum atomic E-state index is -1.11. The molecule has 2 heterocycles. The minimum absolute atomic E-state index is 0.160. The molecule has 2 rings (SSSR count). The average molecular weight is 312 g/mol. The van der Waals surface area contributed by atoms with Crippen molar-refractivity contribution in [3.63, 3.8) is 0 Å². The number of nitrogens with zero attached hydrogens (tertiary/aromatic N) is 3. The molecule has 0 aliphatic rings. The summed E-state index contributed by atoms with van der Waals surface area (Å²) in [5.74, 6) is 0. The lowest BCUT2D eigenvalue weighted by atomic mass is 10.3. The number of hydrogen-bond donors (Lipinski definition) is 0. The summed E-state index contributed by atoms with van der Waals surface area (Å²) in [7, 11) is -1.11. The maximum Gasteiger partial charge on any atom is 0.264 e. The van der Waals surface area contributed by atoms with Crippen LogP contribution in [0.25, 0.3) is 10.9 Å². The molecule has 0 aliphatic carbocycles. The van der Waals surface area contributed by atoms with Gasteiger partial charge in [0.15, 0.2) is 0 Å². The van der Waals surface area contributed by atoms with Crippen molar-refractivity contribution in [3.8, 4) is 0 Å². The number of pyridine rings is 1. The van der Waals surface area contributed by atoms with Gasteiger partial charge in [0.2, 0.25) is 0 Å². The van der Waals surface area contributed by atoms with Gasteiger partial charge in [0.1, 0.15) is 18.2 Å². The fraction of sp³-hybridized carbons (Fsp3) is 0.462. The molecule has 108 valence electrons. The first-order valence-corrected chi connectivity index (χ1v) is 10.5. The highest BCUT2D eigenvalue weighted by atomic mass is 35.5. The van der Waals surface area contributed by atoms with Crippen LogP contribution in [0.3, 0.4) is 0 Å². The van der Waals surface area contributed by atoms with Crippen molar-refractivity contribution in [2.45, 2.75) is 32.4 Å². The maximum atomic E-state index is 12.2. The number of ether oxygens (including phenoxy) is 1. The summed E-state index contributed by atoms with van der Waals surface area (Å²) in [6.45, 7) is 7.74. The standard InChI is InChI=1S/C13H18ClN3O2Si/c1-20(2,3)5-4-19-9-17-8-16-11-6-12(14)15-7-10(11)13(17)18/h6-8H,4-5,9H2,1-3H3. The van der Waals surface area contributed by atoms with Gasteiger partial charge < -0.3 is 4.74 Å². The fourth-order valence-corrected chi connectivity index (χ4v) is 2.57. The quantitative estimate of drug-likeness (QED) is 0.484. The maximum absolute atomic E-state index is 12.2. The Balaban J connectivity index is 2.10. The van der Waals surface area contributed by atoms with Gasteiger partial charge in [-0.05, 0) is 6.04 Å². The number of fused-ring (bicyclic) bond motifs is 1. The van der Waals surface area contributed by atoms with Gasteiger partial charge in [0, 0.05) is 26.9 Å². The molecule has 0 amide bonds. The van der Waals surface area contributed by atoms with E-state index in [4.69, 9.17) is 16.3 Å². The molecule has 0 fully saturated rings. The first kappa shape index (κ1) is 15.2. The lowest BCUT2D eigenvalue weighted by Gasteiger charge is -2.15. The number of halogens is 1. The van der Waals surface area contributed by atoms with E-state index in [1.54, 1.807) is 6.07 Å². The first-order chi connectivity index (χ1) is 9.37. The number of aromatic nitrogens is 3. The molecule has 2 aromatic rings. The Morgan fingerprint density at radius 2 is 2.10 bits per heavy atom. The van der Waals surface area contributed by atoms with Crippen molar-refractivity contribution in [1.29, 1.82) is 0 Å². The molecule has 0 bridgehead atoms. The third-order valence-corrected chi connectivity index (χ3v) is 4.81. The van der Waals surface area contributed by atoms with Crippen molar-refractivity contribution >= 4 is 30.6 Å². The summed E-state index contributed by atoms with van der Waals surface area (Å²) in [6.07, 6.45) is 2.93. The molecule has 0 radical (unpaired) electrons. The largest absolute Gasteiger partial charge is 0.361 e. The Hall–Kier alpha value is -1.24. The van der Waals surface area contributed by atoms with E-state index >= 15 is 0 Å². The van der Waals surface area contributed by atoms with E-state index in [0.717, 1.165) is 6.04 Å². The van der Waals surface area contributed by atoms with Crippen LogP contribution in [0.2, 0.25) is 30.8 Å². The second kappa shape index (κ2) is 6.03. The Kier molecular flexibility index (Phi) is 4.57. The summed E-state index contributed by atoms with van der Waals surface area (Å²) in [6, 6.07) is 2.65. The van der Waals surface area contributed by atoms with Crippen molar-refractivity contribution in [2.24, 2.45) is 0 Å². The van der Waals surface area contributed by atoms with Gasteiger partial charge >= 0.3 is 0 Å². The summed E-state index contributed by atoms with van der Waals surface area (Å²) < 4.78 is 7.01. The van der Waals surface area contributed by atoms with E-state index in [9.17, 15) is 4.79 Å². The molecule has 0 aromatic carbocycles. The smallest absolute Gasteiger partial charge is 0.264 e. The lowest BCUT2D eigenvalue weighted by molar-refractivity contribution is 0.0844. The van der Waals surface area contributed by atoms with Crippen LogP contribution >= 0.6 is 11.6 Å². The van der Waals surface area contributed by atoms with Gasteiger partial charge in [0.05, 0.1) is 10.9 Å². The highest BCUT2D eigenvalue weighted by Gasteiger charge is 2.12. The lowest BCUT2D eigenvalue weighted by Crippen LogP contribution is -2.25. The Bertz CT molecular complexity index is 667. The molecular weight excluding hydrogens is 294 g/mol. The van der Waals surface area contributed by atoms with Gasteiger partial charge in [-0.2, -0.15) is 0 Å². The van der Waals surface area contributed by atoms with Gasteiger partial charge in [-0.25, -0.2) is 9.97 Å². The van der Waals surface area contributed by atoms with Gasteiger partial charge in [0.25, 0.3) is 5.56 Å². The summed E-state index contributed by atoms with van der Waals surface area (Å²) in [5, 5.41) is 0.777. The molecule has 0 saturated carbocycles. The molecule has 7 heteroatoms. The second-order valence-electron chi connectivity index (χ2n) is 5.89. The zero-order valence-electron chi connectivity index (χ0n) is 11.9.